The van der Waals surface area contributed by atoms with Gasteiger partial charge in [-0.15, -0.1) is 0 Å². The van der Waals surface area contributed by atoms with E-state index in [1.165, 1.54) is 20.3 Å². The van der Waals surface area contributed by atoms with Crippen molar-refractivity contribution < 1.29 is 27.4 Å². The number of methoxy groups -OCH3 is 2. The molecule has 0 saturated heterocycles. The van der Waals surface area contributed by atoms with Gasteiger partial charge >= 0.3 is 6.18 Å². The summed E-state index contributed by atoms with van der Waals surface area (Å²) >= 11 is 0.833. The molecule has 9 heteroatoms. The summed E-state index contributed by atoms with van der Waals surface area (Å²) in [5, 5.41) is -0.112. The first-order valence-electron chi connectivity index (χ1n) is 6.63. The van der Waals surface area contributed by atoms with Gasteiger partial charge in [0.15, 0.2) is 22.4 Å². The second-order valence-electron chi connectivity index (χ2n) is 4.50. The average Bonchev–Trinajstić information content (AvgIpc) is 2.58. The summed E-state index contributed by atoms with van der Waals surface area (Å²) in [6.07, 6.45) is -3.54. The Morgan fingerprint density at radius 2 is 1.88 bits per heavy atom. The zero-order valence-electron chi connectivity index (χ0n) is 12.8. The minimum absolute atomic E-state index is 0.100. The molecule has 0 N–H and O–H groups in total. The molecule has 2 rings (SSSR count). The summed E-state index contributed by atoms with van der Waals surface area (Å²) in [7, 11) is 2.91. The highest BCUT2D eigenvalue weighted by Gasteiger charge is 2.32. The molecular weight excluding hydrogens is 345 g/mol. The quantitative estimate of drug-likeness (QED) is 0.448. The maximum atomic E-state index is 12.6. The fourth-order valence-corrected chi connectivity index (χ4v) is 2.52. The number of carbonyl (C=O) groups is 1. The molecule has 0 aliphatic carbocycles. The molecule has 0 saturated carbocycles. The van der Waals surface area contributed by atoms with Gasteiger partial charge in [-0.25, -0.2) is 9.97 Å². The molecule has 1 aromatic carbocycles. The maximum Gasteiger partial charge on any atom is 0.433 e. The van der Waals surface area contributed by atoms with E-state index in [9.17, 15) is 18.0 Å². The van der Waals surface area contributed by atoms with Crippen LogP contribution in [0.1, 0.15) is 16.1 Å². The summed E-state index contributed by atoms with van der Waals surface area (Å²) < 4.78 is 48.0. The molecule has 0 aliphatic rings. The van der Waals surface area contributed by atoms with Crippen molar-refractivity contribution in [3.63, 3.8) is 0 Å². The molecule has 0 unspecified atom stereocenters. The van der Waals surface area contributed by atoms with Crippen LogP contribution in [0.15, 0.2) is 35.6 Å². The van der Waals surface area contributed by atoms with Crippen LogP contribution < -0.4 is 9.47 Å². The van der Waals surface area contributed by atoms with Gasteiger partial charge in [-0.1, -0.05) is 11.8 Å². The molecule has 0 spiro atoms. The molecule has 0 aliphatic heterocycles. The Morgan fingerprint density at radius 1 is 1.17 bits per heavy atom. The molecule has 24 heavy (non-hydrogen) atoms. The third-order valence-corrected chi connectivity index (χ3v) is 3.82. The van der Waals surface area contributed by atoms with E-state index in [0.717, 1.165) is 24.0 Å². The van der Waals surface area contributed by atoms with Crippen LogP contribution in [0, 0.1) is 0 Å². The Labute approximate surface area is 140 Å². The maximum absolute atomic E-state index is 12.6. The first-order chi connectivity index (χ1) is 11.3. The summed E-state index contributed by atoms with van der Waals surface area (Å²) in [6.45, 7) is 0. The van der Waals surface area contributed by atoms with Crippen LogP contribution in [0.5, 0.6) is 11.5 Å². The van der Waals surface area contributed by atoms with E-state index in [2.05, 4.69) is 9.97 Å². The summed E-state index contributed by atoms with van der Waals surface area (Å²) in [6, 6.07) is 5.42. The number of thioether (sulfide) groups is 1. The molecule has 2 aromatic rings. The molecule has 5 nitrogen and oxygen atoms in total. The van der Waals surface area contributed by atoms with Crippen molar-refractivity contribution in [1.29, 1.82) is 0 Å². The van der Waals surface area contributed by atoms with Gasteiger partial charge in [-0.2, -0.15) is 13.2 Å². The molecule has 0 fully saturated rings. The normalized spacial score (nSPS) is 11.2. The predicted octanol–water partition coefficient (Wildman–Crippen LogP) is 3.49. The Morgan fingerprint density at radius 3 is 2.50 bits per heavy atom. The molecule has 1 heterocycles. The van der Waals surface area contributed by atoms with Gasteiger partial charge in [-0.3, -0.25) is 4.79 Å². The smallest absolute Gasteiger partial charge is 0.433 e. The second-order valence-corrected chi connectivity index (χ2v) is 5.45. The monoisotopic (exact) mass is 358 g/mol. The SMILES string of the molecule is COc1ccc(C(=O)CSc2nccc(C(F)(F)F)n2)cc1OC. The van der Waals surface area contributed by atoms with Gasteiger partial charge in [0.25, 0.3) is 0 Å². The molecule has 128 valence electrons. The number of aromatic nitrogens is 2. The lowest BCUT2D eigenvalue weighted by Gasteiger charge is -2.09. The minimum atomic E-state index is -4.55. The average molecular weight is 358 g/mol. The highest BCUT2D eigenvalue weighted by Crippen LogP contribution is 2.30. The Hall–Kier alpha value is -2.29. The van der Waals surface area contributed by atoms with Crippen molar-refractivity contribution in [2.24, 2.45) is 0 Å². The number of ketones is 1. The largest absolute Gasteiger partial charge is 0.493 e. The van der Waals surface area contributed by atoms with Gasteiger partial charge in [0, 0.05) is 11.8 Å². The van der Waals surface area contributed by atoms with E-state index in [0.29, 0.717) is 17.1 Å². The lowest BCUT2D eigenvalue weighted by Crippen LogP contribution is -2.09. The van der Waals surface area contributed by atoms with Crippen LogP contribution in [0.4, 0.5) is 13.2 Å². The van der Waals surface area contributed by atoms with Gasteiger partial charge in [0.05, 0.1) is 20.0 Å². The first kappa shape index (κ1) is 18.1. The second kappa shape index (κ2) is 7.52. The number of rotatable bonds is 6. The van der Waals surface area contributed by atoms with Crippen molar-refractivity contribution in [1.82, 2.24) is 9.97 Å². The van der Waals surface area contributed by atoms with Crippen LogP contribution in [-0.4, -0.2) is 35.7 Å². The van der Waals surface area contributed by atoms with Crippen molar-refractivity contribution in [3.8, 4) is 11.5 Å². The fourth-order valence-electron chi connectivity index (χ4n) is 1.79. The summed E-state index contributed by atoms with van der Waals surface area (Å²) in [4.78, 5) is 19.3. The molecule has 0 atom stereocenters. The Balaban J connectivity index is 2.08. The fraction of sp³-hybridized carbons (Fsp3) is 0.267. The molecule has 1 aromatic heterocycles. The minimum Gasteiger partial charge on any atom is -0.493 e. The number of alkyl halides is 3. The number of hydrogen-bond acceptors (Lipinski definition) is 6. The highest BCUT2D eigenvalue weighted by molar-refractivity contribution is 7.99. The van der Waals surface area contributed by atoms with Gasteiger partial charge in [0.2, 0.25) is 0 Å². The van der Waals surface area contributed by atoms with E-state index < -0.39 is 11.9 Å². The lowest BCUT2D eigenvalue weighted by atomic mass is 10.1. The Bertz CT molecular complexity index is 738. The number of ether oxygens (including phenoxy) is 2. The standard InChI is InChI=1S/C15H13F3N2O3S/c1-22-11-4-3-9(7-12(11)23-2)10(21)8-24-14-19-6-5-13(20-14)15(16,17)18/h3-7H,8H2,1-2H3. The van der Waals surface area contributed by atoms with E-state index in [1.807, 2.05) is 0 Å². The molecule has 0 amide bonds. The van der Waals surface area contributed by atoms with Crippen molar-refractivity contribution >= 4 is 17.5 Å². The van der Waals surface area contributed by atoms with Gasteiger partial charge in [-0.05, 0) is 24.3 Å². The lowest BCUT2D eigenvalue weighted by molar-refractivity contribution is -0.141. The van der Waals surface area contributed by atoms with Gasteiger partial charge < -0.3 is 9.47 Å². The number of carbonyl (C=O) groups excluding carboxylic acids is 1. The number of hydrogen-bond donors (Lipinski definition) is 0. The van der Waals surface area contributed by atoms with E-state index in [-0.39, 0.29) is 16.7 Å². The first-order valence-corrected chi connectivity index (χ1v) is 7.62. The van der Waals surface area contributed by atoms with Crippen LogP contribution in [0.2, 0.25) is 0 Å². The molecule has 0 radical (unpaired) electrons. The summed E-state index contributed by atoms with van der Waals surface area (Å²) in [5.41, 5.74) is -0.689. The zero-order chi connectivity index (χ0) is 17.7. The number of halogens is 3. The van der Waals surface area contributed by atoms with Crippen LogP contribution in [-0.2, 0) is 6.18 Å². The number of nitrogens with zero attached hydrogens (tertiary/aromatic N) is 2. The highest BCUT2D eigenvalue weighted by atomic mass is 32.2. The molecular formula is C15H13F3N2O3S. The van der Waals surface area contributed by atoms with Crippen LogP contribution in [0.25, 0.3) is 0 Å². The topological polar surface area (TPSA) is 61.3 Å². The molecule has 0 bridgehead atoms. The zero-order valence-corrected chi connectivity index (χ0v) is 13.6. The third-order valence-electron chi connectivity index (χ3n) is 2.96. The van der Waals surface area contributed by atoms with Gasteiger partial charge in [0.1, 0.15) is 5.69 Å². The summed E-state index contributed by atoms with van der Waals surface area (Å²) in [5.74, 6) is 0.477. The number of benzene rings is 1. The third kappa shape index (κ3) is 4.38. The van der Waals surface area contributed by atoms with Crippen molar-refractivity contribution in [2.45, 2.75) is 11.3 Å². The number of Topliss-reactive ketones (excluding diaryl/α,β-unsaturated/α-hetero) is 1. The van der Waals surface area contributed by atoms with Crippen LogP contribution in [0.3, 0.4) is 0 Å². The van der Waals surface area contributed by atoms with Crippen molar-refractivity contribution in [3.05, 3.63) is 41.7 Å². The van der Waals surface area contributed by atoms with E-state index >= 15 is 0 Å². The Kier molecular flexibility index (Phi) is 5.66. The van der Waals surface area contributed by atoms with Crippen molar-refractivity contribution in [2.75, 3.05) is 20.0 Å². The van der Waals surface area contributed by atoms with E-state index in [4.69, 9.17) is 9.47 Å². The predicted molar refractivity (Wildman–Crippen MR) is 81.6 cm³/mol. The van der Waals surface area contributed by atoms with E-state index in [1.54, 1.807) is 12.1 Å². The van der Waals surface area contributed by atoms with Crippen LogP contribution >= 0.6 is 11.8 Å².